The zero-order chi connectivity index (χ0) is 16.2. The first kappa shape index (κ1) is 22.2. The van der Waals surface area contributed by atoms with Crippen molar-refractivity contribution in [2.75, 3.05) is 13.1 Å². The molecule has 1 aliphatic heterocycles. The summed E-state index contributed by atoms with van der Waals surface area (Å²) >= 11 is 0. The van der Waals surface area contributed by atoms with Crippen LogP contribution in [0.3, 0.4) is 0 Å². The lowest BCUT2D eigenvalue weighted by Gasteiger charge is -2.22. The van der Waals surface area contributed by atoms with E-state index in [9.17, 15) is 4.79 Å². The summed E-state index contributed by atoms with van der Waals surface area (Å²) in [5.41, 5.74) is 7.15. The fraction of sp³-hybridized carbons (Fsp3) is 0.632. The number of likely N-dealkylation sites (tertiary alicyclic amines) is 1. The van der Waals surface area contributed by atoms with Gasteiger partial charge < -0.3 is 11.1 Å². The van der Waals surface area contributed by atoms with Gasteiger partial charge in [-0.25, -0.2) is 0 Å². The number of nitrogens with two attached hydrogens (primary N) is 1. The third kappa shape index (κ3) is 5.58. The first-order valence-electron chi connectivity index (χ1n) is 8.95. The summed E-state index contributed by atoms with van der Waals surface area (Å²) in [5, 5.41) is 3.30. The second-order valence-corrected chi connectivity index (χ2v) is 7.24. The number of hydrogen-bond acceptors (Lipinski definition) is 3. The number of nitrogens with one attached hydrogen (secondary N) is 1. The van der Waals surface area contributed by atoms with Gasteiger partial charge in [-0.05, 0) is 44.2 Å². The topological polar surface area (TPSA) is 58.4 Å². The summed E-state index contributed by atoms with van der Waals surface area (Å²) < 4.78 is 0. The minimum absolute atomic E-state index is 0. The molecule has 0 aromatic heterocycles. The van der Waals surface area contributed by atoms with Gasteiger partial charge in [-0.1, -0.05) is 36.8 Å². The second kappa shape index (κ2) is 10.4. The Bertz CT molecular complexity index is 529. The van der Waals surface area contributed by atoms with E-state index in [4.69, 9.17) is 5.73 Å². The Labute approximate surface area is 163 Å². The highest BCUT2D eigenvalue weighted by molar-refractivity contribution is 5.85. The summed E-state index contributed by atoms with van der Waals surface area (Å²) in [5.74, 6) is 0.754. The van der Waals surface area contributed by atoms with Crippen molar-refractivity contribution in [3.05, 3.63) is 35.9 Å². The van der Waals surface area contributed by atoms with Crippen molar-refractivity contribution in [1.82, 2.24) is 10.2 Å². The van der Waals surface area contributed by atoms with E-state index in [1.54, 1.807) is 0 Å². The Morgan fingerprint density at radius 2 is 1.96 bits per heavy atom. The molecule has 0 bridgehead atoms. The Balaban J connectivity index is 0.00000156. The molecule has 142 valence electrons. The minimum Gasteiger partial charge on any atom is -0.352 e. The molecule has 2 fully saturated rings. The fourth-order valence-corrected chi connectivity index (χ4v) is 4.21. The largest absolute Gasteiger partial charge is 0.352 e. The van der Waals surface area contributed by atoms with Crippen LogP contribution in [0.1, 0.15) is 38.2 Å². The maximum atomic E-state index is 12.6. The van der Waals surface area contributed by atoms with Crippen molar-refractivity contribution < 1.29 is 4.79 Å². The number of benzene rings is 1. The molecule has 1 aliphatic carbocycles. The van der Waals surface area contributed by atoms with Crippen LogP contribution in [0.25, 0.3) is 0 Å². The molecule has 1 saturated heterocycles. The van der Waals surface area contributed by atoms with Gasteiger partial charge in [0.1, 0.15) is 0 Å². The van der Waals surface area contributed by atoms with E-state index in [1.807, 2.05) is 0 Å². The van der Waals surface area contributed by atoms with Crippen molar-refractivity contribution >= 4 is 30.7 Å². The van der Waals surface area contributed by atoms with Gasteiger partial charge in [-0.2, -0.15) is 0 Å². The Kier molecular flexibility index (Phi) is 9.22. The Hall–Kier alpha value is -0.810. The smallest absolute Gasteiger partial charge is 0.223 e. The van der Waals surface area contributed by atoms with Gasteiger partial charge in [0, 0.05) is 31.1 Å². The molecule has 1 aromatic rings. The van der Waals surface area contributed by atoms with Crippen molar-refractivity contribution in [2.24, 2.45) is 17.6 Å². The molecule has 1 aromatic carbocycles. The Morgan fingerprint density at radius 1 is 1.24 bits per heavy atom. The number of carbonyl (C=O) groups is 1. The molecule has 1 heterocycles. The van der Waals surface area contributed by atoms with Crippen LogP contribution >= 0.6 is 24.8 Å². The number of carbonyl (C=O) groups excluding carboxylic acids is 1. The zero-order valence-corrected chi connectivity index (χ0v) is 16.5. The van der Waals surface area contributed by atoms with Crippen LogP contribution in [0.15, 0.2) is 30.3 Å². The maximum Gasteiger partial charge on any atom is 0.223 e. The summed E-state index contributed by atoms with van der Waals surface area (Å²) in [4.78, 5) is 15.0. The molecule has 0 radical (unpaired) electrons. The maximum absolute atomic E-state index is 12.6. The van der Waals surface area contributed by atoms with Gasteiger partial charge in [-0.3, -0.25) is 9.69 Å². The van der Waals surface area contributed by atoms with Crippen LogP contribution in [-0.4, -0.2) is 36.0 Å². The van der Waals surface area contributed by atoms with Crippen LogP contribution in [0, 0.1) is 11.8 Å². The molecule has 25 heavy (non-hydrogen) atoms. The number of hydrogen-bond donors (Lipinski definition) is 2. The average molecular weight is 388 g/mol. The van der Waals surface area contributed by atoms with Crippen LogP contribution in [0.2, 0.25) is 0 Å². The minimum atomic E-state index is 0. The molecule has 2 unspecified atom stereocenters. The highest BCUT2D eigenvalue weighted by atomic mass is 35.5. The molecule has 4 nitrogen and oxygen atoms in total. The lowest BCUT2D eigenvalue weighted by molar-refractivity contribution is -0.126. The zero-order valence-electron chi connectivity index (χ0n) is 14.9. The monoisotopic (exact) mass is 387 g/mol. The molecule has 3 N–H and O–H groups in total. The molecular weight excluding hydrogens is 357 g/mol. The van der Waals surface area contributed by atoms with Gasteiger partial charge >= 0.3 is 0 Å². The van der Waals surface area contributed by atoms with Crippen molar-refractivity contribution in [1.29, 1.82) is 0 Å². The van der Waals surface area contributed by atoms with Crippen molar-refractivity contribution in [3.8, 4) is 0 Å². The third-order valence-electron chi connectivity index (χ3n) is 5.58. The van der Waals surface area contributed by atoms with E-state index in [-0.39, 0.29) is 42.7 Å². The van der Waals surface area contributed by atoms with Crippen LogP contribution in [0.4, 0.5) is 0 Å². The molecule has 1 amide bonds. The molecule has 0 spiro atoms. The van der Waals surface area contributed by atoms with Gasteiger partial charge in [0.25, 0.3) is 0 Å². The summed E-state index contributed by atoms with van der Waals surface area (Å²) in [6.07, 6.45) is 4.29. The van der Waals surface area contributed by atoms with Gasteiger partial charge in [0.05, 0.1) is 0 Å². The molecule has 3 rings (SSSR count). The summed E-state index contributed by atoms with van der Waals surface area (Å²) in [7, 11) is 0. The van der Waals surface area contributed by atoms with E-state index in [0.717, 1.165) is 38.8 Å². The lowest BCUT2D eigenvalue weighted by atomic mass is 9.95. The van der Waals surface area contributed by atoms with Gasteiger partial charge in [0.15, 0.2) is 0 Å². The van der Waals surface area contributed by atoms with E-state index in [0.29, 0.717) is 18.5 Å². The van der Waals surface area contributed by atoms with Gasteiger partial charge in [-0.15, -0.1) is 24.8 Å². The Morgan fingerprint density at radius 3 is 2.64 bits per heavy atom. The molecular formula is C19H31Cl2N3O. The number of halogens is 2. The quantitative estimate of drug-likeness (QED) is 0.816. The third-order valence-corrected chi connectivity index (χ3v) is 5.58. The molecule has 4 atom stereocenters. The van der Waals surface area contributed by atoms with E-state index in [1.165, 1.54) is 5.56 Å². The number of rotatable bonds is 5. The van der Waals surface area contributed by atoms with Crippen molar-refractivity contribution in [3.63, 3.8) is 0 Å². The first-order valence-corrected chi connectivity index (χ1v) is 8.95. The van der Waals surface area contributed by atoms with E-state index in [2.05, 4.69) is 47.5 Å². The van der Waals surface area contributed by atoms with Crippen LogP contribution in [0.5, 0.6) is 0 Å². The van der Waals surface area contributed by atoms with Crippen LogP contribution in [-0.2, 0) is 11.3 Å². The molecule has 1 saturated carbocycles. The first-order chi connectivity index (χ1) is 11.2. The molecule has 6 heteroatoms. The normalized spacial score (nSPS) is 28.9. The lowest BCUT2D eigenvalue weighted by Crippen LogP contribution is -2.42. The SMILES string of the molecule is CC1CC(NC(=O)[C@@H]2CCC[C@@H]2CN)CN1Cc1ccccc1.Cl.Cl. The molecule has 2 aliphatic rings. The van der Waals surface area contributed by atoms with Crippen LogP contribution < -0.4 is 11.1 Å². The predicted octanol–water partition coefficient (Wildman–Crippen LogP) is 2.98. The van der Waals surface area contributed by atoms with E-state index < -0.39 is 0 Å². The highest BCUT2D eigenvalue weighted by Crippen LogP contribution is 2.31. The fourth-order valence-electron chi connectivity index (χ4n) is 4.21. The average Bonchev–Trinajstić information content (AvgIpc) is 3.15. The standard InChI is InChI=1S/C19H29N3O.2ClH/c1-14-10-17(13-22(14)12-15-6-3-2-4-7-15)21-19(23)18-9-5-8-16(18)11-20;;/h2-4,6-7,14,16-18H,5,8-13,20H2,1H3,(H,21,23);2*1H/t14?,16-,17?,18-;;/m1../s1. The second-order valence-electron chi connectivity index (χ2n) is 7.24. The number of amides is 1. The summed E-state index contributed by atoms with van der Waals surface area (Å²) in [6, 6.07) is 11.3. The highest BCUT2D eigenvalue weighted by Gasteiger charge is 2.35. The number of nitrogens with zero attached hydrogens (tertiary/aromatic N) is 1. The van der Waals surface area contributed by atoms with E-state index >= 15 is 0 Å². The van der Waals surface area contributed by atoms with Crippen molar-refractivity contribution in [2.45, 2.75) is 51.2 Å². The van der Waals surface area contributed by atoms with Gasteiger partial charge in [0.2, 0.25) is 5.91 Å². The summed E-state index contributed by atoms with van der Waals surface area (Å²) in [6.45, 7) is 4.80. The predicted molar refractivity (Wildman–Crippen MR) is 107 cm³/mol.